The van der Waals surface area contributed by atoms with Crippen molar-refractivity contribution >= 4 is 5.69 Å². The van der Waals surface area contributed by atoms with Crippen molar-refractivity contribution < 1.29 is 9.84 Å². The van der Waals surface area contributed by atoms with Gasteiger partial charge in [0.2, 0.25) is 0 Å². The number of hydrogen-bond acceptors (Lipinski definition) is 4. The molecule has 0 saturated heterocycles. The Balaban J connectivity index is 3.02. The first kappa shape index (κ1) is 8.83. The van der Waals surface area contributed by atoms with Crippen molar-refractivity contribution in [1.82, 2.24) is 0 Å². The van der Waals surface area contributed by atoms with Crippen molar-refractivity contribution in [3.8, 4) is 5.75 Å². The van der Waals surface area contributed by atoms with E-state index in [1.165, 1.54) is 0 Å². The molecule has 66 valence electrons. The number of nitrogen functional groups attached to an aromatic ring is 1. The van der Waals surface area contributed by atoms with E-state index >= 15 is 0 Å². The number of nitrogens with one attached hydrogen (secondary N) is 1. The summed E-state index contributed by atoms with van der Waals surface area (Å²) in [4.78, 5) is 0. The minimum Gasteiger partial charge on any atom is -0.495 e. The van der Waals surface area contributed by atoms with Gasteiger partial charge in [0.15, 0.2) is 0 Å². The van der Waals surface area contributed by atoms with Gasteiger partial charge in [0.1, 0.15) is 5.75 Å². The maximum atomic E-state index is 8.81. The molecular formula is C8H12N2O2. The molecule has 0 radical (unpaired) electrons. The van der Waals surface area contributed by atoms with Crippen LogP contribution in [0.4, 0.5) is 5.69 Å². The molecule has 0 aliphatic rings. The molecule has 4 nitrogen and oxygen atoms in total. The standard InChI is InChI=1S/C8H12N2O2/c1-12-8-3-2-6(5-11)4-7(8)10-9/h2-4,10-11H,5,9H2,1H3. The van der Waals surface area contributed by atoms with Crippen LogP contribution in [0.3, 0.4) is 0 Å². The second-order valence-electron chi connectivity index (χ2n) is 2.34. The number of methoxy groups -OCH3 is 1. The summed E-state index contributed by atoms with van der Waals surface area (Å²) in [5.74, 6) is 5.90. The van der Waals surface area contributed by atoms with Crippen LogP contribution in [0.25, 0.3) is 0 Å². The number of hydrazine groups is 1. The Kier molecular flexibility index (Phi) is 2.90. The monoisotopic (exact) mass is 168 g/mol. The number of benzene rings is 1. The summed E-state index contributed by atoms with van der Waals surface area (Å²) in [5.41, 5.74) is 3.95. The van der Waals surface area contributed by atoms with Gasteiger partial charge in [0.25, 0.3) is 0 Å². The molecule has 0 fully saturated rings. The van der Waals surface area contributed by atoms with Crippen LogP contribution in [0.2, 0.25) is 0 Å². The highest BCUT2D eigenvalue weighted by atomic mass is 16.5. The summed E-state index contributed by atoms with van der Waals surface area (Å²) >= 11 is 0. The van der Waals surface area contributed by atoms with Gasteiger partial charge in [-0.25, -0.2) is 0 Å². The van der Waals surface area contributed by atoms with Gasteiger partial charge < -0.3 is 15.3 Å². The SMILES string of the molecule is COc1ccc(CO)cc1NN. The Hall–Kier alpha value is -1.26. The van der Waals surface area contributed by atoms with Gasteiger partial charge in [-0.3, -0.25) is 5.84 Å². The lowest BCUT2D eigenvalue weighted by atomic mass is 10.2. The first-order valence-corrected chi connectivity index (χ1v) is 3.56. The largest absolute Gasteiger partial charge is 0.495 e. The topological polar surface area (TPSA) is 67.5 Å². The van der Waals surface area contributed by atoms with Crippen LogP contribution in [0.15, 0.2) is 18.2 Å². The molecule has 0 amide bonds. The fraction of sp³-hybridized carbons (Fsp3) is 0.250. The van der Waals surface area contributed by atoms with Crippen molar-refractivity contribution in [2.45, 2.75) is 6.61 Å². The van der Waals surface area contributed by atoms with Gasteiger partial charge in [-0.1, -0.05) is 6.07 Å². The number of aliphatic hydroxyl groups is 1. The van der Waals surface area contributed by atoms with Gasteiger partial charge in [-0.15, -0.1) is 0 Å². The quantitative estimate of drug-likeness (QED) is 0.453. The Morgan fingerprint density at radius 3 is 2.83 bits per heavy atom. The van der Waals surface area contributed by atoms with Crippen molar-refractivity contribution in [3.05, 3.63) is 23.8 Å². The molecule has 0 bridgehead atoms. The summed E-state index contributed by atoms with van der Waals surface area (Å²) in [5, 5.41) is 8.81. The smallest absolute Gasteiger partial charge is 0.143 e. The van der Waals surface area contributed by atoms with E-state index < -0.39 is 0 Å². The summed E-state index contributed by atoms with van der Waals surface area (Å²) in [6.07, 6.45) is 0. The molecule has 0 unspecified atom stereocenters. The van der Waals surface area contributed by atoms with Gasteiger partial charge in [-0.05, 0) is 17.7 Å². The molecular weight excluding hydrogens is 156 g/mol. The summed E-state index contributed by atoms with van der Waals surface area (Å²) in [7, 11) is 1.56. The van der Waals surface area contributed by atoms with E-state index in [4.69, 9.17) is 15.7 Å². The highest BCUT2D eigenvalue weighted by Crippen LogP contribution is 2.24. The van der Waals surface area contributed by atoms with E-state index in [-0.39, 0.29) is 6.61 Å². The van der Waals surface area contributed by atoms with Crippen LogP contribution in [-0.2, 0) is 6.61 Å². The van der Waals surface area contributed by atoms with Crippen molar-refractivity contribution in [3.63, 3.8) is 0 Å². The van der Waals surface area contributed by atoms with Gasteiger partial charge in [-0.2, -0.15) is 0 Å². The van der Waals surface area contributed by atoms with Crippen LogP contribution in [-0.4, -0.2) is 12.2 Å². The van der Waals surface area contributed by atoms with Crippen molar-refractivity contribution in [2.75, 3.05) is 12.5 Å². The predicted octanol–water partition coefficient (Wildman–Crippen LogP) is 0.473. The molecule has 4 heteroatoms. The van der Waals surface area contributed by atoms with Gasteiger partial charge >= 0.3 is 0 Å². The average molecular weight is 168 g/mol. The van der Waals surface area contributed by atoms with E-state index in [0.717, 1.165) is 5.56 Å². The number of nitrogens with two attached hydrogens (primary N) is 1. The zero-order chi connectivity index (χ0) is 8.97. The fourth-order valence-corrected chi connectivity index (χ4v) is 0.966. The molecule has 1 aromatic carbocycles. The van der Waals surface area contributed by atoms with Gasteiger partial charge in [0.05, 0.1) is 19.4 Å². The summed E-state index contributed by atoms with van der Waals surface area (Å²) in [6, 6.07) is 5.26. The van der Waals surface area contributed by atoms with Crippen LogP contribution < -0.4 is 16.0 Å². The molecule has 1 aromatic rings. The van der Waals surface area contributed by atoms with E-state index in [9.17, 15) is 0 Å². The van der Waals surface area contributed by atoms with Crippen LogP contribution >= 0.6 is 0 Å². The van der Waals surface area contributed by atoms with E-state index in [0.29, 0.717) is 11.4 Å². The molecule has 0 aliphatic heterocycles. The van der Waals surface area contributed by atoms with E-state index in [1.54, 1.807) is 25.3 Å². The number of anilines is 1. The van der Waals surface area contributed by atoms with Crippen molar-refractivity contribution in [2.24, 2.45) is 5.84 Å². The third-order valence-electron chi connectivity index (χ3n) is 1.60. The third-order valence-corrected chi connectivity index (χ3v) is 1.60. The molecule has 0 heterocycles. The average Bonchev–Trinajstić information content (AvgIpc) is 2.16. The first-order chi connectivity index (χ1) is 5.81. The zero-order valence-corrected chi connectivity index (χ0v) is 6.87. The number of ether oxygens (including phenoxy) is 1. The maximum absolute atomic E-state index is 8.81. The molecule has 0 aliphatic carbocycles. The van der Waals surface area contributed by atoms with Crippen LogP contribution in [0, 0.1) is 0 Å². The Morgan fingerprint density at radius 1 is 1.58 bits per heavy atom. The van der Waals surface area contributed by atoms with E-state index in [2.05, 4.69) is 5.43 Å². The minimum atomic E-state index is -0.00132. The lowest BCUT2D eigenvalue weighted by Crippen LogP contribution is -2.08. The molecule has 4 N–H and O–H groups in total. The van der Waals surface area contributed by atoms with E-state index in [1.807, 2.05) is 0 Å². The second-order valence-corrected chi connectivity index (χ2v) is 2.34. The fourth-order valence-electron chi connectivity index (χ4n) is 0.966. The lowest BCUT2D eigenvalue weighted by molar-refractivity contribution is 0.281. The molecule has 0 aromatic heterocycles. The summed E-state index contributed by atoms with van der Waals surface area (Å²) in [6.45, 7) is -0.00132. The maximum Gasteiger partial charge on any atom is 0.143 e. The second kappa shape index (κ2) is 3.94. The zero-order valence-electron chi connectivity index (χ0n) is 6.87. The minimum absolute atomic E-state index is 0.00132. The highest BCUT2D eigenvalue weighted by molar-refractivity contribution is 5.57. The third kappa shape index (κ3) is 1.66. The lowest BCUT2D eigenvalue weighted by Gasteiger charge is -2.08. The Morgan fingerprint density at radius 2 is 2.33 bits per heavy atom. The summed E-state index contributed by atoms with van der Waals surface area (Å²) < 4.78 is 5.01. The highest BCUT2D eigenvalue weighted by Gasteiger charge is 2.01. The van der Waals surface area contributed by atoms with Crippen LogP contribution in [0.5, 0.6) is 5.75 Å². The molecule has 0 saturated carbocycles. The number of rotatable bonds is 3. The molecule has 1 rings (SSSR count). The number of aliphatic hydroxyl groups excluding tert-OH is 1. The number of hydrogen-bond donors (Lipinski definition) is 3. The Labute approximate surface area is 70.9 Å². The Bertz CT molecular complexity index is 263. The van der Waals surface area contributed by atoms with Crippen molar-refractivity contribution in [1.29, 1.82) is 0 Å². The van der Waals surface area contributed by atoms with Gasteiger partial charge in [0, 0.05) is 0 Å². The predicted molar refractivity (Wildman–Crippen MR) is 46.7 cm³/mol. The normalized spacial score (nSPS) is 9.58. The van der Waals surface area contributed by atoms with Crippen LogP contribution in [0.1, 0.15) is 5.56 Å². The molecule has 0 spiro atoms. The molecule has 12 heavy (non-hydrogen) atoms. The molecule has 0 atom stereocenters. The first-order valence-electron chi connectivity index (χ1n) is 3.56.